The van der Waals surface area contributed by atoms with Gasteiger partial charge in [-0.3, -0.25) is 9.89 Å². The van der Waals surface area contributed by atoms with E-state index in [1.165, 1.54) is 0 Å². The summed E-state index contributed by atoms with van der Waals surface area (Å²) in [5, 5.41) is 13.0. The molecule has 2 heterocycles. The van der Waals surface area contributed by atoms with Crippen molar-refractivity contribution < 1.29 is 4.79 Å². The summed E-state index contributed by atoms with van der Waals surface area (Å²) in [6, 6.07) is 1.83. The van der Waals surface area contributed by atoms with Crippen molar-refractivity contribution >= 4 is 30.7 Å². The topological polar surface area (TPSA) is 69.8 Å². The molecule has 0 aromatic carbocycles. The Morgan fingerprint density at radius 2 is 2.11 bits per heavy atom. The van der Waals surface area contributed by atoms with Gasteiger partial charge < -0.3 is 10.6 Å². The van der Waals surface area contributed by atoms with Gasteiger partial charge in [-0.1, -0.05) is 6.92 Å². The van der Waals surface area contributed by atoms with E-state index < -0.39 is 0 Å². The van der Waals surface area contributed by atoms with Crippen LogP contribution in [0.5, 0.6) is 0 Å². The molecular formula is C12H22Cl2N4O. The van der Waals surface area contributed by atoms with Crippen molar-refractivity contribution in [2.75, 3.05) is 19.6 Å². The van der Waals surface area contributed by atoms with Gasteiger partial charge in [0, 0.05) is 18.4 Å². The molecular weight excluding hydrogens is 287 g/mol. The van der Waals surface area contributed by atoms with Crippen LogP contribution in [-0.2, 0) is 11.2 Å². The van der Waals surface area contributed by atoms with Gasteiger partial charge in [0.1, 0.15) is 0 Å². The van der Waals surface area contributed by atoms with Gasteiger partial charge in [-0.2, -0.15) is 5.10 Å². The van der Waals surface area contributed by atoms with Crippen molar-refractivity contribution in [3.05, 3.63) is 18.0 Å². The molecule has 2 rings (SSSR count). The summed E-state index contributed by atoms with van der Waals surface area (Å²) in [6.45, 7) is 5.10. The van der Waals surface area contributed by atoms with Gasteiger partial charge in [0.25, 0.3) is 0 Å². The molecule has 0 atom stereocenters. The van der Waals surface area contributed by atoms with Crippen LogP contribution in [-0.4, -0.2) is 35.7 Å². The lowest BCUT2D eigenvalue weighted by atomic mass is 9.81. The van der Waals surface area contributed by atoms with Gasteiger partial charge in [0.05, 0.1) is 6.42 Å². The van der Waals surface area contributed by atoms with E-state index >= 15 is 0 Å². The zero-order valence-electron chi connectivity index (χ0n) is 11.1. The zero-order chi connectivity index (χ0) is 12.1. The van der Waals surface area contributed by atoms with E-state index in [9.17, 15) is 4.79 Å². The number of aromatic nitrogens is 2. The minimum Gasteiger partial charge on any atom is -0.355 e. The lowest BCUT2D eigenvalue weighted by Gasteiger charge is -2.34. The standard InChI is InChI=1S/C12H20N4O.2ClH/c1-12(3-6-13-7-4-12)9-14-11(17)8-10-2-5-15-16-10;;/h2,5,13H,3-4,6-9H2,1H3,(H,14,17)(H,15,16);2*1H. The highest BCUT2D eigenvalue weighted by Gasteiger charge is 2.26. The number of carbonyl (C=O) groups is 1. The maximum Gasteiger partial charge on any atom is 0.226 e. The van der Waals surface area contributed by atoms with Gasteiger partial charge >= 0.3 is 0 Å². The second-order valence-corrected chi connectivity index (χ2v) is 5.10. The molecule has 5 nitrogen and oxygen atoms in total. The number of nitrogens with zero attached hydrogens (tertiary/aromatic N) is 1. The summed E-state index contributed by atoms with van der Waals surface area (Å²) >= 11 is 0. The second-order valence-electron chi connectivity index (χ2n) is 5.10. The van der Waals surface area contributed by atoms with Crippen LogP contribution in [0.2, 0.25) is 0 Å². The molecule has 0 saturated carbocycles. The Hall–Kier alpha value is -0.780. The molecule has 1 amide bonds. The third-order valence-corrected chi connectivity index (χ3v) is 3.43. The first-order valence-corrected chi connectivity index (χ1v) is 6.14. The molecule has 1 aromatic heterocycles. The fraction of sp³-hybridized carbons (Fsp3) is 0.667. The molecule has 0 bridgehead atoms. The number of rotatable bonds is 4. The highest BCUT2D eigenvalue weighted by molar-refractivity contribution is 5.85. The van der Waals surface area contributed by atoms with E-state index in [0.717, 1.165) is 38.2 Å². The van der Waals surface area contributed by atoms with Crippen LogP contribution in [0.1, 0.15) is 25.5 Å². The summed E-state index contributed by atoms with van der Waals surface area (Å²) in [6.07, 6.45) is 4.29. The monoisotopic (exact) mass is 308 g/mol. The number of halogens is 2. The van der Waals surface area contributed by atoms with E-state index in [2.05, 4.69) is 27.8 Å². The smallest absolute Gasteiger partial charge is 0.226 e. The lowest BCUT2D eigenvalue weighted by Crippen LogP contribution is -2.43. The van der Waals surface area contributed by atoms with Crippen LogP contribution in [0.3, 0.4) is 0 Å². The first-order chi connectivity index (χ1) is 8.18. The Kier molecular flexibility index (Phi) is 8.06. The minimum absolute atomic E-state index is 0. The zero-order valence-corrected chi connectivity index (χ0v) is 12.7. The quantitative estimate of drug-likeness (QED) is 0.785. The van der Waals surface area contributed by atoms with Gasteiger partial charge in [0.15, 0.2) is 0 Å². The van der Waals surface area contributed by atoms with Crippen molar-refractivity contribution in [1.29, 1.82) is 0 Å². The van der Waals surface area contributed by atoms with Crippen molar-refractivity contribution in [2.45, 2.75) is 26.2 Å². The van der Waals surface area contributed by atoms with Crippen LogP contribution in [0.4, 0.5) is 0 Å². The van der Waals surface area contributed by atoms with E-state index in [-0.39, 0.29) is 36.1 Å². The van der Waals surface area contributed by atoms with Crippen molar-refractivity contribution in [2.24, 2.45) is 5.41 Å². The SMILES string of the molecule is CC1(CNC(=O)Cc2ccn[nH]2)CCNCC1.Cl.Cl. The molecule has 0 radical (unpaired) electrons. The third kappa shape index (κ3) is 5.80. The number of carbonyl (C=O) groups excluding carboxylic acids is 1. The Bertz CT molecular complexity index is 364. The van der Waals surface area contributed by atoms with Gasteiger partial charge in [-0.25, -0.2) is 0 Å². The maximum atomic E-state index is 11.7. The van der Waals surface area contributed by atoms with E-state index in [0.29, 0.717) is 6.42 Å². The van der Waals surface area contributed by atoms with E-state index in [1.807, 2.05) is 6.07 Å². The largest absolute Gasteiger partial charge is 0.355 e. The highest BCUT2D eigenvalue weighted by atomic mass is 35.5. The average Bonchev–Trinajstić information content (AvgIpc) is 2.80. The second kappa shape index (κ2) is 8.40. The molecule has 1 aromatic rings. The minimum atomic E-state index is 0. The lowest BCUT2D eigenvalue weighted by molar-refractivity contribution is -0.121. The van der Waals surface area contributed by atoms with Gasteiger partial charge in [0.2, 0.25) is 5.91 Å². The third-order valence-electron chi connectivity index (χ3n) is 3.43. The fourth-order valence-corrected chi connectivity index (χ4v) is 2.14. The summed E-state index contributed by atoms with van der Waals surface area (Å²) in [7, 11) is 0. The number of aromatic amines is 1. The molecule has 1 aliphatic heterocycles. The summed E-state index contributed by atoms with van der Waals surface area (Å²) in [4.78, 5) is 11.7. The van der Waals surface area contributed by atoms with Crippen LogP contribution < -0.4 is 10.6 Å². The first-order valence-electron chi connectivity index (χ1n) is 6.14. The summed E-state index contributed by atoms with van der Waals surface area (Å²) in [5.74, 6) is 0.0639. The van der Waals surface area contributed by atoms with Gasteiger partial charge in [-0.05, 0) is 37.4 Å². The Morgan fingerprint density at radius 1 is 1.42 bits per heavy atom. The van der Waals surface area contributed by atoms with Crippen molar-refractivity contribution in [3.63, 3.8) is 0 Å². The highest BCUT2D eigenvalue weighted by Crippen LogP contribution is 2.26. The molecule has 19 heavy (non-hydrogen) atoms. The number of H-pyrrole nitrogens is 1. The van der Waals surface area contributed by atoms with Crippen LogP contribution in [0.15, 0.2) is 12.3 Å². The van der Waals surface area contributed by atoms with Crippen LogP contribution in [0, 0.1) is 5.41 Å². The number of hydrogen-bond acceptors (Lipinski definition) is 3. The summed E-state index contributed by atoms with van der Waals surface area (Å²) < 4.78 is 0. The Balaban J connectivity index is 0.00000162. The normalized spacial score (nSPS) is 16.9. The predicted octanol–water partition coefficient (Wildman–Crippen LogP) is 1.30. The van der Waals surface area contributed by atoms with Crippen molar-refractivity contribution in [3.8, 4) is 0 Å². The van der Waals surface area contributed by atoms with E-state index in [1.54, 1.807) is 6.20 Å². The maximum absolute atomic E-state index is 11.7. The molecule has 7 heteroatoms. The molecule has 1 saturated heterocycles. The van der Waals surface area contributed by atoms with Gasteiger partial charge in [-0.15, -0.1) is 24.8 Å². The number of amides is 1. The number of piperidine rings is 1. The van der Waals surface area contributed by atoms with Crippen LogP contribution >= 0.6 is 24.8 Å². The molecule has 1 fully saturated rings. The van der Waals surface area contributed by atoms with Crippen LogP contribution in [0.25, 0.3) is 0 Å². The Labute approximate surface area is 126 Å². The number of nitrogens with one attached hydrogen (secondary N) is 3. The average molecular weight is 309 g/mol. The molecule has 3 N–H and O–H groups in total. The molecule has 0 unspecified atom stereocenters. The molecule has 0 aliphatic carbocycles. The molecule has 110 valence electrons. The van der Waals surface area contributed by atoms with E-state index in [4.69, 9.17) is 0 Å². The fourth-order valence-electron chi connectivity index (χ4n) is 2.14. The number of hydrogen-bond donors (Lipinski definition) is 3. The molecule has 1 aliphatic rings. The van der Waals surface area contributed by atoms with Crippen molar-refractivity contribution in [1.82, 2.24) is 20.8 Å². The summed E-state index contributed by atoms with van der Waals surface area (Å²) in [5.41, 5.74) is 1.10. The molecule has 0 spiro atoms. The Morgan fingerprint density at radius 3 is 2.68 bits per heavy atom. The predicted molar refractivity (Wildman–Crippen MR) is 80.0 cm³/mol. The first kappa shape index (κ1) is 18.2.